The fourth-order valence-corrected chi connectivity index (χ4v) is 2.98. The van der Waals surface area contributed by atoms with E-state index in [4.69, 9.17) is 5.73 Å². The number of nitrogens with two attached hydrogens (primary N) is 1. The molecule has 0 spiro atoms. The van der Waals surface area contributed by atoms with Gasteiger partial charge in [-0.3, -0.25) is 9.59 Å². The largest absolute Gasteiger partial charge is 0.369 e. The van der Waals surface area contributed by atoms with Crippen LogP contribution in [-0.2, 0) is 9.59 Å². The van der Waals surface area contributed by atoms with Crippen LogP contribution in [0.4, 0.5) is 11.5 Å². The molecule has 0 saturated carbocycles. The highest BCUT2D eigenvalue weighted by Crippen LogP contribution is 2.22. The standard InChI is InChI=1S/C20H22N4O2/c21-20(26)16-7-4-12-24(14-16)18-10-9-17(13-22-18)23-19(25)11-8-15-5-2-1-3-6-15/h1-3,5-6,8-11,13,16H,4,7,12,14H2,(H2,21,26)(H,23,25). The number of carbonyl (C=O) groups excluding carboxylic acids is 2. The first kappa shape index (κ1) is 17.7. The van der Waals surface area contributed by atoms with Crippen LogP contribution in [0.5, 0.6) is 0 Å². The number of carbonyl (C=O) groups is 2. The zero-order valence-electron chi connectivity index (χ0n) is 14.5. The fraction of sp³-hybridized carbons (Fsp3) is 0.250. The van der Waals surface area contributed by atoms with Crippen molar-refractivity contribution in [1.82, 2.24) is 4.98 Å². The first-order chi connectivity index (χ1) is 12.6. The molecular formula is C20H22N4O2. The minimum absolute atomic E-state index is 0.131. The van der Waals surface area contributed by atoms with Crippen LogP contribution in [0.2, 0.25) is 0 Å². The third-order valence-electron chi connectivity index (χ3n) is 4.39. The molecular weight excluding hydrogens is 328 g/mol. The number of piperidine rings is 1. The molecule has 26 heavy (non-hydrogen) atoms. The Morgan fingerprint density at radius 3 is 2.69 bits per heavy atom. The molecule has 3 N–H and O–H groups in total. The van der Waals surface area contributed by atoms with Crippen LogP contribution < -0.4 is 16.0 Å². The number of nitrogens with zero attached hydrogens (tertiary/aromatic N) is 2. The van der Waals surface area contributed by atoms with Gasteiger partial charge in [-0.25, -0.2) is 4.98 Å². The number of amides is 2. The Kier molecular flexibility index (Phi) is 5.63. The number of benzene rings is 1. The van der Waals surface area contributed by atoms with Crippen molar-refractivity contribution in [3.63, 3.8) is 0 Å². The van der Waals surface area contributed by atoms with Crippen LogP contribution in [0.1, 0.15) is 18.4 Å². The molecule has 1 unspecified atom stereocenters. The minimum atomic E-state index is -0.260. The van der Waals surface area contributed by atoms with E-state index in [1.807, 2.05) is 42.5 Å². The Hall–Kier alpha value is -3.15. The molecule has 1 saturated heterocycles. The number of rotatable bonds is 5. The Morgan fingerprint density at radius 1 is 1.19 bits per heavy atom. The maximum atomic E-state index is 12.0. The van der Waals surface area contributed by atoms with Gasteiger partial charge in [0, 0.05) is 19.2 Å². The predicted molar refractivity (Wildman–Crippen MR) is 102 cm³/mol. The van der Waals surface area contributed by atoms with Crippen molar-refractivity contribution in [2.24, 2.45) is 11.7 Å². The fourth-order valence-electron chi connectivity index (χ4n) is 2.98. The van der Waals surface area contributed by atoms with Crippen molar-refractivity contribution >= 4 is 29.4 Å². The summed E-state index contributed by atoms with van der Waals surface area (Å²) >= 11 is 0. The third kappa shape index (κ3) is 4.69. The predicted octanol–water partition coefficient (Wildman–Crippen LogP) is 2.44. The normalized spacial score (nSPS) is 17.2. The molecule has 1 aromatic carbocycles. The van der Waals surface area contributed by atoms with Crippen LogP contribution in [-0.4, -0.2) is 29.9 Å². The molecule has 1 aromatic heterocycles. The zero-order valence-corrected chi connectivity index (χ0v) is 14.5. The van der Waals surface area contributed by atoms with E-state index in [1.54, 1.807) is 12.3 Å². The quantitative estimate of drug-likeness (QED) is 0.811. The maximum absolute atomic E-state index is 12.0. The molecule has 0 radical (unpaired) electrons. The molecule has 1 atom stereocenters. The van der Waals surface area contributed by atoms with Gasteiger partial charge in [0.15, 0.2) is 0 Å². The Balaban J connectivity index is 1.58. The molecule has 0 aliphatic carbocycles. The SMILES string of the molecule is NC(=O)C1CCCN(c2ccc(NC(=O)C=Cc3ccccc3)cn2)C1. The molecule has 2 heterocycles. The average Bonchev–Trinajstić information content (AvgIpc) is 2.68. The van der Waals surface area contributed by atoms with Crippen LogP contribution in [0.15, 0.2) is 54.7 Å². The summed E-state index contributed by atoms with van der Waals surface area (Å²) in [6.45, 7) is 1.44. The Morgan fingerprint density at radius 2 is 2.00 bits per heavy atom. The second kappa shape index (κ2) is 8.29. The van der Waals surface area contributed by atoms with E-state index in [1.165, 1.54) is 6.08 Å². The summed E-state index contributed by atoms with van der Waals surface area (Å²) in [4.78, 5) is 29.9. The Labute approximate surface area is 152 Å². The zero-order chi connectivity index (χ0) is 18.4. The summed E-state index contributed by atoms with van der Waals surface area (Å²) in [5.74, 6) is 0.181. The molecule has 6 heteroatoms. The van der Waals surface area contributed by atoms with Crippen molar-refractivity contribution < 1.29 is 9.59 Å². The van der Waals surface area contributed by atoms with E-state index in [2.05, 4.69) is 15.2 Å². The minimum Gasteiger partial charge on any atom is -0.369 e. The summed E-state index contributed by atoms with van der Waals surface area (Å²) in [6.07, 6.45) is 6.61. The number of primary amides is 1. The van der Waals surface area contributed by atoms with Gasteiger partial charge in [-0.05, 0) is 36.6 Å². The number of aromatic nitrogens is 1. The number of hydrogen-bond acceptors (Lipinski definition) is 4. The molecule has 2 amide bonds. The highest BCUT2D eigenvalue weighted by molar-refractivity contribution is 6.01. The highest BCUT2D eigenvalue weighted by atomic mass is 16.1. The summed E-state index contributed by atoms with van der Waals surface area (Å²) in [5, 5.41) is 2.79. The van der Waals surface area contributed by atoms with Gasteiger partial charge in [0.1, 0.15) is 5.82 Å². The van der Waals surface area contributed by atoms with E-state index >= 15 is 0 Å². The summed E-state index contributed by atoms with van der Waals surface area (Å²) in [6, 6.07) is 13.3. The van der Waals surface area contributed by atoms with Crippen LogP contribution in [0, 0.1) is 5.92 Å². The second-order valence-electron chi connectivity index (χ2n) is 6.33. The van der Waals surface area contributed by atoms with Crippen molar-refractivity contribution in [1.29, 1.82) is 0 Å². The molecule has 2 aromatic rings. The van der Waals surface area contributed by atoms with Crippen molar-refractivity contribution in [2.75, 3.05) is 23.3 Å². The second-order valence-corrected chi connectivity index (χ2v) is 6.33. The lowest BCUT2D eigenvalue weighted by Crippen LogP contribution is -2.41. The van der Waals surface area contributed by atoms with Gasteiger partial charge in [-0.15, -0.1) is 0 Å². The topological polar surface area (TPSA) is 88.3 Å². The van der Waals surface area contributed by atoms with Crippen LogP contribution in [0.25, 0.3) is 6.08 Å². The third-order valence-corrected chi connectivity index (χ3v) is 4.39. The van der Waals surface area contributed by atoms with Gasteiger partial charge in [-0.1, -0.05) is 30.3 Å². The van der Waals surface area contributed by atoms with Gasteiger partial charge in [-0.2, -0.15) is 0 Å². The first-order valence-corrected chi connectivity index (χ1v) is 8.66. The molecule has 0 bridgehead atoms. The van der Waals surface area contributed by atoms with E-state index in [-0.39, 0.29) is 17.7 Å². The van der Waals surface area contributed by atoms with Gasteiger partial charge in [0.2, 0.25) is 11.8 Å². The smallest absolute Gasteiger partial charge is 0.248 e. The maximum Gasteiger partial charge on any atom is 0.248 e. The van der Waals surface area contributed by atoms with E-state index in [0.717, 1.165) is 30.8 Å². The molecule has 1 aliphatic heterocycles. The highest BCUT2D eigenvalue weighted by Gasteiger charge is 2.24. The van der Waals surface area contributed by atoms with Crippen molar-refractivity contribution in [3.05, 3.63) is 60.3 Å². The monoisotopic (exact) mass is 350 g/mol. The van der Waals surface area contributed by atoms with Crippen molar-refractivity contribution in [3.8, 4) is 0 Å². The van der Waals surface area contributed by atoms with Gasteiger partial charge >= 0.3 is 0 Å². The molecule has 6 nitrogen and oxygen atoms in total. The number of nitrogens with one attached hydrogen (secondary N) is 1. The number of anilines is 2. The number of pyridine rings is 1. The molecule has 1 aliphatic rings. The number of hydrogen-bond donors (Lipinski definition) is 2. The summed E-state index contributed by atoms with van der Waals surface area (Å²) < 4.78 is 0. The molecule has 134 valence electrons. The lowest BCUT2D eigenvalue weighted by atomic mass is 9.97. The van der Waals surface area contributed by atoms with Crippen LogP contribution >= 0.6 is 0 Å². The van der Waals surface area contributed by atoms with E-state index < -0.39 is 0 Å². The van der Waals surface area contributed by atoms with E-state index in [9.17, 15) is 9.59 Å². The first-order valence-electron chi connectivity index (χ1n) is 8.66. The Bertz CT molecular complexity index is 787. The van der Waals surface area contributed by atoms with Gasteiger partial charge < -0.3 is 16.0 Å². The van der Waals surface area contributed by atoms with Crippen molar-refractivity contribution in [2.45, 2.75) is 12.8 Å². The lowest BCUT2D eigenvalue weighted by Gasteiger charge is -2.32. The molecule has 1 fully saturated rings. The van der Waals surface area contributed by atoms with Crippen LogP contribution in [0.3, 0.4) is 0 Å². The average molecular weight is 350 g/mol. The lowest BCUT2D eigenvalue weighted by molar-refractivity contribution is -0.122. The van der Waals surface area contributed by atoms with Gasteiger partial charge in [0.05, 0.1) is 17.8 Å². The summed E-state index contributed by atoms with van der Waals surface area (Å²) in [7, 11) is 0. The van der Waals surface area contributed by atoms with E-state index in [0.29, 0.717) is 12.2 Å². The van der Waals surface area contributed by atoms with Gasteiger partial charge in [0.25, 0.3) is 0 Å². The summed E-state index contributed by atoms with van der Waals surface area (Å²) in [5.41, 5.74) is 7.01. The molecule has 3 rings (SSSR count).